The van der Waals surface area contributed by atoms with Crippen LogP contribution in [-0.2, 0) is 14.4 Å². The van der Waals surface area contributed by atoms with Crippen molar-refractivity contribution in [2.24, 2.45) is 44.8 Å². The summed E-state index contributed by atoms with van der Waals surface area (Å²) in [5, 5.41) is 0. The lowest BCUT2D eigenvalue weighted by Crippen LogP contribution is -2.75. The van der Waals surface area contributed by atoms with Crippen molar-refractivity contribution in [2.45, 2.75) is 93.9 Å². The summed E-state index contributed by atoms with van der Waals surface area (Å²) in [7, 11) is 0. The van der Waals surface area contributed by atoms with Crippen LogP contribution in [0.3, 0.4) is 0 Å². The van der Waals surface area contributed by atoms with E-state index in [4.69, 9.17) is 0 Å². The predicted octanol–water partition coefficient (Wildman–Crippen LogP) is 8.32. The summed E-state index contributed by atoms with van der Waals surface area (Å²) in [5.41, 5.74) is -2.25. The molecule has 42 heavy (non-hydrogen) atoms. The van der Waals surface area contributed by atoms with Crippen molar-refractivity contribution < 1.29 is 19.2 Å². The highest BCUT2D eigenvalue weighted by Crippen LogP contribution is 2.77. The molecule has 0 unspecified atom stereocenters. The van der Waals surface area contributed by atoms with Crippen molar-refractivity contribution >= 4 is 23.1 Å². The Morgan fingerprint density at radius 1 is 0.905 bits per heavy atom. The highest BCUT2D eigenvalue weighted by atomic mass is 16.2. The molecule has 4 bridgehead atoms. The van der Waals surface area contributed by atoms with Crippen LogP contribution in [0.2, 0.25) is 0 Å². The summed E-state index contributed by atoms with van der Waals surface area (Å²) in [4.78, 5) is 60.6. The number of ketones is 4. The fraction of sp³-hybridized carbons (Fsp3) is 0.579. The number of hydrogen-bond donors (Lipinski definition) is 0. The largest absolute Gasteiger partial charge is 0.297 e. The predicted molar refractivity (Wildman–Crippen MR) is 167 cm³/mol. The van der Waals surface area contributed by atoms with Crippen LogP contribution in [-0.4, -0.2) is 23.1 Å². The number of carbonyl (C=O) groups excluding carboxylic acids is 4. The molecule has 5 aliphatic carbocycles. The number of rotatable bonds is 8. The Kier molecular flexibility index (Phi) is 7.15. The zero-order valence-electron chi connectivity index (χ0n) is 26.9. The highest BCUT2D eigenvalue weighted by Gasteiger charge is 2.86. The van der Waals surface area contributed by atoms with Crippen molar-refractivity contribution in [1.29, 1.82) is 0 Å². The second-order valence-electron chi connectivity index (χ2n) is 15.4. The van der Waals surface area contributed by atoms with E-state index in [1.54, 1.807) is 24.3 Å². The van der Waals surface area contributed by atoms with Gasteiger partial charge in [0.1, 0.15) is 0 Å². The molecule has 1 aromatic rings. The maximum Gasteiger partial charge on any atom is 0.184 e. The molecule has 4 heteroatoms. The van der Waals surface area contributed by atoms with Crippen LogP contribution < -0.4 is 0 Å². The van der Waals surface area contributed by atoms with Gasteiger partial charge in [0.2, 0.25) is 0 Å². The zero-order valence-corrected chi connectivity index (χ0v) is 26.9. The minimum Gasteiger partial charge on any atom is -0.297 e. The minimum absolute atomic E-state index is 0.0489. The van der Waals surface area contributed by atoms with Crippen LogP contribution >= 0.6 is 0 Å². The van der Waals surface area contributed by atoms with E-state index in [1.165, 1.54) is 5.57 Å². The van der Waals surface area contributed by atoms with Crippen LogP contribution in [0.1, 0.15) is 104 Å². The first-order valence-electron chi connectivity index (χ1n) is 15.7. The van der Waals surface area contributed by atoms with Crippen LogP contribution in [0.25, 0.3) is 0 Å². The normalized spacial score (nSPS) is 36.0. The van der Waals surface area contributed by atoms with E-state index in [9.17, 15) is 4.79 Å². The fourth-order valence-electron chi connectivity index (χ4n) is 9.88. The van der Waals surface area contributed by atoms with Gasteiger partial charge in [0.15, 0.2) is 28.5 Å². The van der Waals surface area contributed by atoms with Crippen LogP contribution in [0.15, 0.2) is 65.8 Å². The first-order valence-corrected chi connectivity index (χ1v) is 15.7. The Balaban J connectivity index is 1.77. The molecular formula is C38H48O4. The van der Waals surface area contributed by atoms with E-state index in [0.717, 1.165) is 24.0 Å². The Hall–Kier alpha value is -2.88. The lowest BCUT2D eigenvalue weighted by Gasteiger charge is -2.60. The molecule has 0 saturated heterocycles. The Morgan fingerprint density at radius 3 is 2.14 bits per heavy atom. The maximum atomic E-state index is 15.4. The molecule has 5 saturated carbocycles. The average molecular weight is 569 g/mol. The number of carbonyl (C=O) groups is 4. The van der Waals surface area contributed by atoms with Gasteiger partial charge in [-0.2, -0.15) is 0 Å². The van der Waals surface area contributed by atoms with Crippen molar-refractivity contribution in [1.82, 2.24) is 0 Å². The minimum atomic E-state index is -1.90. The van der Waals surface area contributed by atoms with Gasteiger partial charge in [0, 0.05) is 5.56 Å². The van der Waals surface area contributed by atoms with E-state index in [0.29, 0.717) is 24.8 Å². The quantitative estimate of drug-likeness (QED) is 0.180. The van der Waals surface area contributed by atoms with Gasteiger partial charge in [0.25, 0.3) is 0 Å². The molecule has 0 aliphatic heterocycles. The molecule has 224 valence electrons. The van der Waals surface area contributed by atoms with Gasteiger partial charge in [-0.05, 0) is 94.8 Å². The van der Waals surface area contributed by atoms with Gasteiger partial charge < -0.3 is 0 Å². The monoisotopic (exact) mass is 568 g/mol. The second-order valence-corrected chi connectivity index (χ2v) is 15.4. The van der Waals surface area contributed by atoms with Crippen LogP contribution in [0.4, 0.5) is 0 Å². The molecule has 1 aromatic carbocycles. The number of hydrogen-bond acceptors (Lipinski definition) is 4. The van der Waals surface area contributed by atoms with Crippen LogP contribution in [0.5, 0.6) is 0 Å². The van der Waals surface area contributed by atoms with E-state index in [2.05, 4.69) is 53.3 Å². The zero-order chi connectivity index (χ0) is 31.0. The molecular weight excluding hydrogens is 520 g/mol. The van der Waals surface area contributed by atoms with Crippen molar-refractivity contribution in [3.63, 3.8) is 0 Å². The van der Waals surface area contributed by atoms with Gasteiger partial charge in [-0.1, -0.05) is 93.5 Å². The molecule has 0 radical (unpaired) electrons. The fourth-order valence-corrected chi connectivity index (χ4v) is 9.88. The van der Waals surface area contributed by atoms with Gasteiger partial charge in [-0.15, -0.1) is 0 Å². The van der Waals surface area contributed by atoms with Gasteiger partial charge in [0.05, 0.1) is 10.8 Å². The summed E-state index contributed by atoms with van der Waals surface area (Å²) in [6, 6.07) is 8.80. The van der Waals surface area contributed by atoms with Crippen molar-refractivity contribution in [3.8, 4) is 0 Å². The molecule has 4 nitrogen and oxygen atoms in total. The molecule has 5 aliphatic rings. The molecule has 0 aromatic heterocycles. The number of Topliss-reactive ketones (excluding diaryl/α,β-unsaturated/α-hetero) is 4. The maximum absolute atomic E-state index is 15.4. The molecule has 0 heterocycles. The molecule has 6 rings (SSSR count). The summed E-state index contributed by atoms with van der Waals surface area (Å²) in [5.74, 6) is -1.94. The Bertz CT molecular complexity index is 1430. The second kappa shape index (κ2) is 9.82. The summed E-state index contributed by atoms with van der Waals surface area (Å²) < 4.78 is 0. The topological polar surface area (TPSA) is 68.3 Å². The smallest absolute Gasteiger partial charge is 0.184 e. The van der Waals surface area contributed by atoms with Gasteiger partial charge in [-0.3, -0.25) is 19.2 Å². The Morgan fingerprint density at radius 2 is 1.55 bits per heavy atom. The van der Waals surface area contributed by atoms with Gasteiger partial charge >= 0.3 is 0 Å². The van der Waals surface area contributed by atoms with E-state index in [1.807, 2.05) is 26.8 Å². The van der Waals surface area contributed by atoms with E-state index >= 15 is 14.4 Å². The first kappa shape index (κ1) is 30.6. The highest BCUT2D eigenvalue weighted by molar-refractivity contribution is 6.42. The molecule has 1 spiro atoms. The summed E-state index contributed by atoms with van der Waals surface area (Å²) in [6.07, 6.45) is 7.63. The summed E-state index contributed by atoms with van der Waals surface area (Å²) in [6.45, 7) is 20.7. The first-order chi connectivity index (χ1) is 19.5. The van der Waals surface area contributed by atoms with Crippen LogP contribution in [0, 0.1) is 44.8 Å². The average Bonchev–Trinajstić information content (AvgIpc) is 3.07. The van der Waals surface area contributed by atoms with E-state index in [-0.39, 0.29) is 35.4 Å². The lowest BCUT2D eigenvalue weighted by molar-refractivity contribution is -0.181. The molecule has 6 atom stereocenters. The SMILES string of the molecule is C=C(C)[C@@H]1C[C@@]23C(=O)[C@@]4(C/C=C(/C)CCC=C(C)C)C[C@@H](C[C@H]2C1(C)C)C(C)(C)[C@](C(=O)c1ccccc1)(C4=O)C3=O. The molecule has 5 fully saturated rings. The standard InChI is InChI=1S/C38H48O4/c1-23(2)14-13-15-25(5)18-19-36-21-27-20-29-34(6,7)28(24(3)4)22-37(29,31(36)40)33(42)38(32(36)41,35(27,8)9)30(39)26-16-11-10-12-17-26/h10-12,14,16-18,27-29H,3,13,15,19-22H2,1-2,4-9H3/b25-18-/t27-,28+,29+,36-,37+,38-/m1/s1. The lowest BCUT2D eigenvalue weighted by atomic mass is 9.37. The number of allylic oxidation sites excluding steroid dienone is 5. The van der Waals surface area contributed by atoms with Crippen molar-refractivity contribution in [2.75, 3.05) is 0 Å². The third kappa shape index (κ3) is 3.72. The third-order valence-electron chi connectivity index (χ3n) is 12.2. The number of benzene rings is 1. The molecule has 0 amide bonds. The van der Waals surface area contributed by atoms with E-state index < -0.39 is 39.0 Å². The third-order valence-corrected chi connectivity index (χ3v) is 12.2. The van der Waals surface area contributed by atoms with Gasteiger partial charge in [-0.25, -0.2) is 0 Å². The Labute approximate surface area is 252 Å². The summed E-state index contributed by atoms with van der Waals surface area (Å²) >= 11 is 0. The molecule has 0 N–H and O–H groups in total. The van der Waals surface area contributed by atoms with Crippen molar-refractivity contribution in [3.05, 3.63) is 71.3 Å².